The Kier molecular flexibility index (Phi) is 5.61. The Labute approximate surface area is 157 Å². The molecule has 0 bridgehead atoms. The van der Waals surface area contributed by atoms with E-state index in [-0.39, 0.29) is 18.1 Å². The van der Waals surface area contributed by atoms with E-state index in [1.54, 1.807) is 47.1 Å². The number of phenols is 1. The third-order valence-electron chi connectivity index (χ3n) is 4.10. The average Bonchev–Trinajstić information content (AvgIpc) is 3.08. The molecule has 1 heterocycles. The fourth-order valence-corrected chi connectivity index (χ4v) is 2.72. The summed E-state index contributed by atoms with van der Waals surface area (Å²) < 4.78 is 15.9. The zero-order chi connectivity index (χ0) is 19.2. The summed E-state index contributed by atoms with van der Waals surface area (Å²) in [7, 11) is 0. The first-order valence-electron chi connectivity index (χ1n) is 8.53. The number of allylic oxidation sites excluding steroid dienone is 3. The van der Waals surface area contributed by atoms with Crippen LogP contribution in [0.1, 0.15) is 18.2 Å². The molecule has 1 N–H and O–H groups in total. The standard InChI is InChI=1S/C22H20FN3O/c1-3-4-9-20(24-2)21-14-22(16-10-12-18(27)13-11-16)26(25-21)15-17-7-5-6-8-19(17)23/h3-14,27H,2,15H2,1H3/b4-3-,20-9-. The highest BCUT2D eigenvalue weighted by molar-refractivity contribution is 5.71. The van der Waals surface area contributed by atoms with Crippen LogP contribution < -0.4 is 0 Å². The van der Waals surface area contributed by atoms with Crippen molar-refractivity contribution in [2.45, 2.75) is 13.5 Å². The lowest BCUT2D eigenvalue weighted by atomic mass is 10.1. The second-order valence-electron chi connectivity index (χ2n) is 5.95. The number of aromatic hydroxyl groups is 1. The van der Waals surface area contributed by atoms with Crippen LogP contribution in [0.15, 0.2) is 77.8 Å². The summed E-state index contributed by atoms with van der Waals surface area (Å²) in [4.78, 5) is 4.05. The van der Waals surface area contributed by atoms with Gasteiger partial charge in [-0.15, -0.1) is 0 Å². The highest BCUT2D eigenvalue weighted by Crippen LogP contribution is 2.27. The number of aliphatic imine (C=N–C) groups is 1. The van der Waals surface area contributed by atoms with Gasteiger partial charge in [0, 0.05) is 11.1 Å². The summed E-state index contributed by atoms with van der Waals surface area (Å²) in [5.41, 5.74) is 3.46. The van der Waals surface area contributed by atoms with Gasteiger partial charge in [0.2, 0.25) is 0 Å². The van der Waals surface area contributed by atoms with Gasteiger partial charge < -0.3 is 5.11 Å². The van der Waals surface area contributed by atoms with Crippen molar-refractivity contribution < 1.29 is 9.50 Å². The van der Waals surface area contributed by atoms with Crippen LogP contribution in [0.3, 0.4) is 0 Å². The zero-order valence-electron chi connectivity index (χ0n) is 15.0. The molecule has 4 nitrogen and oxygen atoms in total. The van der Waals surface area contributed by atoms with Gasteiger partial charge in [-0.1, -0.05) is 30.4 Å². The fraction of sp³-hybridized carbons (Fsp3) is 0.0909. The maximum Gasteiger partial charge on any atom is 0.128 e. The van der Waals surface area contributed by atoms with Crippen LogP contribution in [-0.2, 0) is 6.54 Å². The van der Waals surface area contributed by atoms with Gasteiger partial charge in [0.1, 0.15) is 17.3 Å². The van der Waals surface area contributed by atoms with Gasteiger partial charge >= 0.3 is 0 Å². The first-order chi connectivity index (χ1) is 13.1. The second-order valence-corrected chi connectivity index (χ2v) is 5.95. The predicted octanol–water partition coefficient (Wildman–Crippen LogP) is 5.06. The van der Waals surface area contributed by atoms with Gasteiger partial charge in [-0.05, 0) is 56.1 Å². The number of hydrogen-bond acceptors (Lipinski definition) is 3. The quantitative estimate of drug-likeness (QED) is 0.493. The van der Waals surface area contributed by atoms with Crippen LogP contribution in [0.25, 0.3) is 17.0 Å². The first kappa shape index (κ1) is 18.3. The highest BCUT2D eigenvalue weighted by Gasteiger charge is 2.14. The largest absolute Gasteiger partial charge is 0.508 e. The maximum absolute atomic E-state index is 14.1. The number of hydrogen-bond donors (Lipinski definition) is 1. The summed E-state index contributed by atoms with van der Waals surface area (Å²) in [6.07, 6.45) is 5.58. The van der Waals surface area contributed by atoms with Crippen molar-refractivity contribution in [2.24, 2.45) is 4.99 Å². The van der Waals surface area contributed by atoms with Crippen LogP contribution >= 0.6 is 0 Å². The zero-order valence-corrected chi connectivity index (χ0v) is 15.0. The molecule has 0 saturated heterocycles. The van der Waals surface area contributed by atoms with E-state index in [0.29, 0.717) is 17.0 Å². The van der Waals surface area contributed by atoms with E-state index in [2.05, 4.69) is 16.8 Å². The van der Waals surface area contributed by atoms with Crippen LogP contribution in [0.4, 0.5) is 4.39 Å². The lowest BCUT2D eigenvalue weighted by molar-refractivity contribution is 0.475. The molecule has 0 unspecified atom stereocenters. The number of rotatable bonds is 6. The highest BCUT2D eigenvalue weighted by atomic mass is 19.1. The first-order valence-corrected chi connectivity index (χ1v) is 8.53. The maximum atomic E-state index is 14.1. The minimum absolute atomic E-state index is 0.181. The van der Waals surface area contributed by atoms with Crippen molar-refractivity contribution in [3.05, 3.63) is 89.9 Å². The Hall–Kier alpha value is -3.47. The van der Waals surface area contributed by atoms with Crippen molar-refractivity contribution in [1.29, 1.82) is 0 Å². The fourth-order valence-electron chi connectivity index (χ4n) is 2.72. The number of benzene rings is 2. The second kappa shape index (κ2) is 8.27. The Bertz CT molecular complexity index is 1000. The molecule has 0 radical (unpaired) electrons. The van der Waals surface area contributed by atoms with Crippen LogP contribution in [0, 0.1) is 5.82 Å². The van der Waals surface area contributed by atoms with Crippen molar-refractivity contribution in [3.63, 3.8) is 0 Å². The molecule has 0 spiro atoms. The predicted molar refractivity (Wildman–Crippen MR) is 107 cm³/mol. The lowest BCUT2D eigenvalue weighted by Crippen LogP contribution is -2.06. The van der Waals surface area contributed by atoms with Gasteiger partial charge in [0.25, 0.3) is 0 Å². The molecule has 0 amide bonds. The molecule has 2 aromatic carbocycles. The molecule has 0 saturated carbocycles. The van der Waals surface area contributed by atoms with Gasteiger partial charge in [0.05, 0.1) is 17.9 Å². The molecule has 136 valence electrons. The molecule has 0 aliphatic carbocycles. The molecule has 3 rings (SSSR count). The summed E-state index contributed by atoms with van der Waals surface area (Å²) in [6, 6.07) is 15.3. The molecule has 1 aromatic heterocycles. The van der Waals surface area contributed by atoms with E-state index in [1.165, 1.54) is 6.07 Å². The molecular formula is C22H20FN3O. The normalized spacial score (nSPS) is 11.9. The third-order valence-corrected chi connectivity index (χ3v) is 4.10. The number of phenolic OH excluding ortho intramolecular Hbond substituents is 1. The van der Waals surface area contributed by atoms with Crippen molar-refractivity contribution in [3.8, 4) is 17.0 Å². The molecule has 0 atom stereocenters. The van der Waals surface area contributed by atoms with Crippen molar-refractivity contribution >= 4 is 12.4 Å². The van der Waals surface area contributed by atoms with Crippen LogP contribution in [0.5, 0.6) is 5.75 Å². The number of nitrogens with zero attached hydrogens (tertiary/aromatic N) is 3. The van der Waals surface area contributed by atoms with Crippen LogP contribution in [0.2, 0.25) is 0 Å². The smallest absolute Gasteiger partial charge is 0.128 e. The van der Waals surface area contributed by atoms with Gasteiger partial charge in [-0.25, -0.2) is 4.39 Å². The average molecular weight is 361 g/mol. The SMILES string of the molecule is C=N/C(=C\C=C/C)c1cc(-c2ccc(O)cc2)n(Cc2ccccc2F)n1. The lowest BCUT2D eigenvalue weighted by Gasteiger charge is -2.08. The Morgan fingerprint density at radius 3 is 2.63 bits per heavy atom. The monoisotopic (exact) mass is 361 g/mol. The van der Waals surface area contributed by atoms with E-state index in [1.807, 2.05) is 31.2 Å². The van der Waals surface area contributed by atoms with E-state index < -0.39 is 0 Å². The molecule has 5 heteroatoms. The van der Waals surface area contributed by atoms with Crippen molar-refractivity contribution in [1.82, 2.24) is 9.78 Å². The Morgan fingerprint density at radius 2 is 1.96 bits per heavy atom. The van der Waals surface area contributed by atoms with Gasteiger partial charge in [-0.2, -0.15) is 5.10 Å². The topological polar surface area (TPSA) is 50.4 Å². The molecule has 0 aliphatic heterocycles. The summed E-state index contributed by atoms with van der Waals surface area (Å²) in [5, 5.41) is 14.2. The minimum Gasteiger partial charge on any atom is -0.508 e. The summed E-state index contributed by atoms with van der Waals surface area (Å²) in [6.45, 7) is 5.80. The number of aromatic nitrogens is 2. The minimum atomic E-state index is -0.280. The van der Waals surface area contributed by atoms with E-state index in [4.69, 9.17) is 0 Å². The van der Waals surface area contributed by atoms with Gasteiger partial charge in [-0.3, -0.25) is 9.67 Å². The Balaban J connectivity index is 2.10. The molecule has 0 fully saturated rings. The summed E-state index contributed by atoms with van der Waals surface area (Å²) >= 11 is 0. The van der Waals surface area contributed by atoms with E-state index >= 15 is 0 Å². The summed E-state index contributed by atoms with van der Waals surface area (Å²) in [5.74, 6) is -0.0988. The van der Waals surface area contributed by atoms with Crippen molar-refractivity contribution in [2.75, 3.05) is 0 Å². The van der Waals surface area contributed by atoms with E-state index in [0.717, 1.165) is 11.3 Å². The Morgan fingerprint density at radius 1 is 1.22 bits per heavy atom. The van der Waals surface area contributed by atoms with Crippen LogP contribution in [-0.4, -0.2) is 21.6 Å². The molecular weight excluding hydrogens is 341 g/mol. The molecule has 27 heavy (non-hydrogen) atoms. The van der Waals surface area contributed by atoms with Gasteiger partial charge in [0.15, 0.2) is 0 Å². The number of halogens is 1. The molecule has 0 aliphatic rings. The third kappa shape index (κ3) is 4.20. The van der Waals surface area contributed by atoms with E-state index in [9.17, 15) is 9.50 Å². The molecule has 3 aromatic rings.